The van der Waals surface area contributed by atoms with Gasteiger partial charge >= 0.3 is 0 Å². The van der Waals surface area contributed by atoms with Gasteiger partial charge in [0.2, 0.25) is 5.91 Å². The fourth-order valence-electron chi connectivity index (χ4n) is 4.29. The van der Waals surface area contributed by atoms with Crippen molar-refractivity contribution in [1.82, 2.24) is 25.1 Å². The molecular formula is C26H30N6O4S. The summed E-state index contributed by atoms with van der Waals surface area (Å²) in [4.78, 5) is 29.1. The Morgan fingerprint density at radius 3 is 2.84 bits per heavy atom. The molecule has 10 nitrogen and oxygen atoms in total. The summed E-state index contributed by atoms with van der Waals surface area (Å²) in [5.74, 6) is 0.753. The lowest BCUT2D eigenvalue weighted by Gasteiger charge is -2.30. The Bertz CT molecular complexity index is 1290. The molecule has 11 heteroatoms. The van der Waals surface area contributed by atoms with E-state index in [0.717, 1.165) is 23.3 Å². The minimum absolute atomic E-state index is 0.00261. The van der Waals surface area contributed by atoms with Crippen LogP contribution in [0.2, 0.25) is 0 Å². The molecule has 1 aliphatic heterocycles. The molecule has 0 spiro atoms. The van der Waals surface area contributed by atoms with E-state index in [1.807, 2.05) is 24.3 Å². The predicted octanol–water partition coefficient (Wildman–Crippen LogP) is 4.88. The smallest absolute Gasteiger partial charge is 0.283 e. The zero-order valence-electron chi connectivity index (χ0n) is 21.1. The second-order valence-corrected chi connectivity index (χ2v) is 10.3. The molecule has 2 aromatic carbocycles. The van der Waals surface area contributed by atoms with Crippen LogP contribution in [-0.2, 0) is 16.3 Å². The first-order valence-electron chi connectivity index (χ1n) is 12.1. The van der Waals surface area contributed by atoms with Crippen LogP contribution in [0.4, 0.5) is 5.69 Å². The van der Waals surface area contributed by atoms with Gasteiger partial charge < -0.3 is 9.64 Å². The van der Waals surface area contributed by atoms with Gasteiger partial charge in [0.15, 0.2) is 12.6 Å². The fraction of sp³-hybridized carbons (Fsp3) is 0.385. The Hall–Kier alpha value is -3.57. The van der Waals surface area contributed by atoms with Crippen LogP contribution in [0.1, 0.15) is 55.5 Å². The van der Waals surface area contributed by atoms with E-state index in [0.29, 0.717) is 35.3 Å². The molecule has 37 heavy (non-hydrogen) atoms. The number of hydrogen-bond acceptors (Lipinski definition) is 8. The highest BCUT2D eigenvalue weighted by Crippen LogP contribution is 2.39. The number of methoxy groups -OCH3 is 1. The van der Waals surface area contributed by atoms with Crippen molar-refractivity contribution >= 4 is 29.4 Å². The molecule has 0 aliphatic carbocycles. The van der Waals surface area contributed by atoms with Crippen LogP contribution >= 0.6 is 11.8 Å². The SMILES string of the molecule is COCn1nnc(C2CCCN(C(=O)C=Cc3ccc(Sc4ccccc4C(C)C)c([N+](=O)[O-])c3)C2)n1. The highest BCUT2D eigenvalue weighted by molar-refractivity contribution is 7.99. The number of nitro benzene ring substituents is 1. The standard InChI is InChI=1S/C26H30N6O4S/c1-18(2)21-8-4-5-9-23(21)37-24-12-10-19(15-22(24)32(34)35)11-13-25(33)30-14-6-7-20(16-30)26-27-29-31(28-26)17-36-3/h4-5,8-13,15,18,20H,6-7,14,16-17H2,1-3H3. The molecule has 1 aliphatic rings. The van der Waals surface area contributed by atoms with Gasteiger partial charge in [-0.05, 0) is 53.3 Å². The Balaban J connectivity index is 1.46. The van der Waals surface area contributed by atoms with E-state index < -0.39 is 0 Å². The van der Waals surface area contributed by atoms with Gasteiger partial charge in [-0.1, -0.05) is 49.9 Å². The van der Waals surface area contributed by atoms with Crippen LogP contribution < -0.4 is 0 Å². The van der Waals surface area contributed by atoms with Gasteiger partial charge in [0, 0.05) is 43.2 Å². The molecule has 0 bridgehead atoms. The van der Waals surface area contributed by atoms with E-state index in [1.165, 1.54) is 28.7 Å². The van der Waals surface area contributed by atoms with Crippen molar-refractivity contribution in [2.45, 2.75) is 55.0 Å². The maximum Gasteiger partial charge on any atom is 0.283 e. The van der Waals surface area contributed by atoms with Crippen LogP contribution in [0.25, 0.3) is 6.08 Å². The molecule has 1 unspecified atom stereocenters. The van der Waals surface area contributed by atoms with Gasteiger partial charge in [0.05, 0.1) is 9.82 Å². The summed E-state index contributed by atoms with van der Waals surface area (Å²) in [5.41, 5.74) is 1.76. The summed E-state index contributed by atoms with van der Waals surface area (Å²) in [6.07, 6.45) is 4.80. The first-order valence-corrected chi connectivity index (χ1v) is 13.0. The molecule has 1 fully saturated rings. The Morgan fingerprint density at radius 1 is 1.27 bits per heavy atom. The summed E-state index contributed by atoms with van der Waals surface area (Å²) in [7, 11) is 1.56. The molecule has 4 rings (SSSR count). The molecule has 0 radical (unpaired) electrons. The fourth-order valence-corrected chi connectivity index (χ4v) is 5.47. The third-order valence-corrected chi connectivity index (χ3v) is 7.33. The van der Waals surface area contributed by atoms with Crippen molar-refractivity contribution in [2.24, 2.45) is 0 Å². The zero-order valence-corrected chi connectivity index (χ0v) is 21.9. The van der Waals surface area contributed by atoms with Crippen LogP contribution in [0.5, 0.6) is 0 Å². The number of piperidine rings is 1. The van der Waals surface area contributed by atoms with Crippen LogP contribution in [-0.4, -0.2) is 56.1 Å². The Labute approximate surface area is 219 Å². The number of aromatic nitrogens is 4. The number of carbonyl (C=O) groups excluding carboxylic acids is 1. The van der Waals surface area contributed by atoms with Gasteiger partial charge in [-0.25, -0.2) is 0 Å². The number of hydrogen-bond donors (Lipinski definition) is 0. The average Bonchev–Trinajstić information content (AvgIpc) is 3.37. The van der Waals surface area contributed by atoms with Gasteiger partial charge in [-0.15, -0.1) is 15.0 Å². The second-order valence-electron chi connectivity index (χ2n) is 9.17. The number of nitro groups is 1. The third-order valence-electron chi connectivity index (χ3n) is 6.17. The number of ether oxygens (including phenoxy) is 1. The molecule has 194 valence electrons. The molecule has 1 aromatic heterocycles. The maximum atomic E-state index is 12.9. The Kier molecular flexibility index (Phi) is 8.67. The highest BCUT2D eigenvalue weighted by atomic mass is 32.2. The largest absolute Gasteiger partial charge is 0.361 e. The van der Waals surface area contributed by atoms with Crippen molar-refractivity contribution in [3.05, 3.63) is 75.6 Å². The number of rotatable bonds is 9. The second kappa shape index (κ2) is 12.1. The first kappa shape index (κ1) is 26.5. The molecular weight excluding hydrogens is 492 g/mol. The summed E-state index contributed by atoms with van der Waals surface area (Å²) >= 11 is 1.39. The lowest BCUT2D eigenvalue weighted by molar-refractivity contribution is -0.387. The molecule has 1 atom stereocenters. The molecule has 1 amide bonds. The van der Waals surface area contributed by atoms with Crippen LogP contribution in [0.15, 0.2) is 58.3 Å². The van der Waals surface area contributed by atoms with Gasteiger partial charge in [0.1, 0.15) is 0 Å². The topological polar surface area (TPSA) is 116 Å². The zero-order chi connectivity index (χ0) is 26.4. The first-order chi connectivity index (χ1) is 17.9. The van der Waals surface area contributed by atoms with Crippen LogP contribution in [0, 0.1) is 10.1 Å². The van der Waals surface area contributed by atoms with E-state index in [-0.39, 0.29) is 29.2 Å². The summed E-state index contributed by atoms with van der Waals surface area (Å²) in [6, 6.07) is 13.0. The highest BCUT2D eigenvalue weighted by Gasteiger charge is 2.27. The minimum Gasteiger partial charge on any atom is -0.361 e. The summed E-state index contributed by atoms with van der Waals surface area (Å²) in [5, 5.41) is 24.3. The molecule has 1 saturated heterocycles. The summed E-state index contributed by atoms with van der Waals surface area (Å²) < 4.78 is 5.02. The molecule has 3 aromatic rings. The molecule has 0 saturated carbocycles. The van der Waals surface area contributed by atoms with Gasteiger partial charge in [-0.3, -0.25) is 14.9 Å². The van der Waals surface area contributed by atoms with Gasteiger partial charge in [-0.2, -0.15) is 0 Å². The lowest BCUT2D eigenvalue weighted by Crippen LogP contribution is -2.38. The van der Waals surface area contributed by atoms with Crippen molar-refractivity contribution in [3.8, 4) is 0 Å². The normalized spacial score (nSPS) is 16.0. The van der Waals surface area contributed by atoms with E-state index in [9.17, 15) is 14.9 Å². The van der Waals surface area contributed by atoms with Crippen molar-refractivity contribution in [3.63, 3.8) is 0 Å². The van der Waals surface area contributed by atoms with E-state index in [4.69, 9.17) is 4.74 Å². The third kappa shape index (κ3) is 6.60. The predicted molar refractivity (Wildman–Crippen MR) is 140 cm³/mol. The van der Waals surface area contributed by atoms with E-state index in [2.05, 4.69) is 29.3 Å². The molecule has 2 heterocycles. The number of likely N-dealkylation sites (tertiary alicyclic amines) is 1. The number of benzene rings is 2. The average molecular weight is 523 g/mol. The number of amides is 1. The van der Waals surface area contributed by atoms with Crippen molar-refractivity contribution in [2.75, 3.05) is 20.2 Å². The minimum atomic E-state index is -0.377. The Morgan fingerprint density at radius 2 is 2.08 bits per heavy atom. The molecule has 0 N–H and O–H groups in total. The summed E-state index contributed by atoms with van der Waals surface area (Å²) in [6.45, 7) is 5.55. The van der Waals surface area contributed by atoms with Crippen LogP contribution in [0.3, 0.4) is 0 Å². The quantitative estimate of drug-likeness (QED) is 0.222. The van der Waals surface area contributed by atoms with Crippen molar-refractivity contribution < 1.29 is 14.5 Å². The monoisotopic (exact) mass is 522 g/mol. The number of carbonyl (C=O) groups is 1. The van der Waals surface area contributed by atoms with Crippen molar-refractivity contribution in [1.29, 1.82) is 0 Å². The number of nitrogens with zero attached hydrogens (tertiary/aromatic N) is 6. The van der Waals surface area contributed by atoms with Gasteiger partial charge in [0.25, 0.3) is 5.69 Å². The maximum absolute atomic E-state index is 12.9. The number of tetrazole rings is 1. The van der Waals surface area contributed by atoms with E-state index in [1.54, 1.807) is 30.2 Å². The lowest BCUT2D eigenvalue weighted by atomic mass is 9.97. The van der Waals surface area contributed by atoms with E-state index >= 15 is 0 Å².